The van der Waals surface area contributed by atoms with E-state index in [1.807, 2.05) is 55.2 Å². The smallest absolute Gasteiger partial charge is 0.242 e. The Labute approximate surface area is 179 Å². The maximum Gasteiger partial charge on any atom is 0.242 e. The molecule has 0 fully saturated rings. The van der Waals surface area contributed by atoms with Gasteiger partial charge in [-0.3, -0.25) is 9.69 Å². The molecule has 0 saturated carbocycles. The molecule has 0 aliphatic heterocycles. The van der Waals surface area contributed by atoms with E-state index in [1.54, 1.807) is 13.2 Å². The minimum absolute atomic E-state index is 0.125. The second-order valence-corrected chi connectivity index (χ2v) is 9.58. The van der Waals surface area contributed by atoms with Crippen molar-refractivity contribution in [1.82, 2.24) is 9.21 Å². The maximum atomic E-state index is 12.6. The van der Waals surface area contributed by atoms with Crippen molar-refractivity contribution in [3.8, 4) is 5.75 Å². The Balaban J connectivity index is 2.13. The lowest BCUT2D eigenvalue weighted by atomic mass is 10.2. The van der Waals surface area contributed by atoms with E-state index in [0.717, 1.165) is 21.3 Å². The molecular weight excluding hydrogens is 404 g/mol. The predicted molar refractivity (Wildman–Crippen MR) is 120 cm³/mol. The minimum Gasteiger partial charge on any atom is -0.497 e. The molecular formula is C21H30N4O4S. The van der Waals surface area contributed by atoms with Crippen molar-refractivity contribution in [3.63, 3.8) is 0 Å². The Morgan fingerprint density at radius 2 is 1.63 bits per heavy atom. The second kappa shape index (κ2) is 9.92. The second-order valence-electron chi connectivity index (χ2n) is 7.43. The van der Waals surface area contributed by atoms with Gasteiger partial charge in [-0.15, -0.1) is 0 Å². The largest absolute Gasteiger partial charge is 0.497 e. The van der Waals surface area contributed by atoms with Crippen LogP contribution < -0.4 is 15.0 Å². The van der Waals surface area contributed by atoms with Crippen LogP contribution in [0, 0.1) is 0 Å². The number of carbonyl (C=O) groups excluding carboxylic acids is 1. The van der Waals surface area contributed by atoms with E-state index in [1.165, 1.54) is 26.2 Å². The molecule has 0 bridgehead atoms. The summed E-state index contributed by atoms with van der Waals surface area (Å²) in [5, 5.41) is 2.85. The Morgan fingerprint density at radius 1 is 1.00 bits per heavy atom. The van der Waals surface area contributed by atoms with Crippen LogP contribution in [0.2, 0.25) is 0 Å². The summed E-state index contributed by atoms with van der Waals surface area (Å²) < 4.78 is 31.2. The highest BCUT2D eigenvalue weighted by molar-refractivity contribution is 7.89. The molecule has 9 heteroatoms. The molecule has 0 spiro atoms. The van der Waals surface area contributed by atoms with Crippen LogP contribution in [0.15, 0.2) is 47.4 Å². The molecule has 2 aromatic rings. The van der Waals surface area contributed by atoms with Gasteiger partial charge < -0.3 is 15.0 Å². The van der Waals surface area contributed by atoms with Crippen LogP contribution in [-0.2, 0) is 21.4 Å². The van der Waals surface area contributed by atoms with Crippen molar-refractivity contribution in [1.29, 1.82) is 0 Å². The molecule has 0 saturated heterocycles. The van der Waals surface area contributed by atoms with Crippen LogP contribution in [0.1, 0.15) is 5.56 Å². The van der Waals surface area contributed by atoms with E-state index < -0.39 is 10.0 Å². The molecule has 1 amide bonds. The van der Waals surface area contributed by atoms with E-state index in [4.69, 9.17) is 4.74 Å². The van der Waals surface area contributed by atoms with Crippen molar-refractivity contribution < 1.29 is 17.9 Å². The highest BCUT2D eigenvalue weighted by Crippen LogP contribution is 2.28. The number of ether oxygens (including phenoxy) is 1. The zero-order valence-corrected chi connectivity index (χ0v) is 19.2. The summed E-state index contributed by atoms with van der Waals surface area (Å²) in [4.78, 5) is 16.5. The molecule has 2 rings (SSSR count). The number of sulfonamides is 1. The number of hydrogen-bond donors (Lipinski definition) is 1. The number of anilines is 2. The lowest BCUT2D eigenvalue weighted by molar-refractivity contribution is -0.117. The maximum absolute atomic E-state index is 12.6. The van der Waals surface area contributed by atoms with E-state index >= 15 is 0 Å². The van der Waals surface area contributed by atoms with E-state index in [-0.39, 0.29) is 17.3 Å². The van der Waals surface area contributed by atoms with Gasteiger partial charge in [0.15, 0.2) is 0 Å². The highest BCUT2D eigenvalue weighted by atomic mass is 32.2. The fourth-order valence-corrected chi connectivity index (χ4v) is 3.84. The van der Waals surface area contributed by atoms with Gasteiger partial charge in [0.2, 0.25) is 15.9 Å². The normalized spacial score (nSPS) is 11.6. The fourth-order valence-electron chi connectivity index (χ4n) is 2.91. The minimum atomic E-state index is -3.60. The molecule has 0 heterocycles. The van der Waals surface area contributed by atoms with Crippen LogP contribution in [0.5, 0.6) is 5.75 Å². The monoisotopic (exact) mass is 434 g/mol. The van der Waals surface area contributed by atoms with Gasteiger partial charge in [0.25, 0.3) is 0 Å². The molecule has 30 heavy (non-hydrogen) atoms. The highest BCUT2D eigenvalue weighted by Gasteiger charge is 2.20. The molecule has 0 aromatic heterocycles. The summed E-state index contributed by atoms with van der Waals surface area (Å²) in [6.07, 6.45) is 0. The Hall–Kier alpha value is -2.62. The first-order chi connectivity index (χ1) is 14.0. The van der Waals surface area contributed by atoms with Gasteiger partial charge in [-0.05, 0) is 42.9 Å². The summed E-state index contributed by atoms with van der Waals surface area (Å²) >= 11 is 0. The first-order valence-electron chi connectivity index (χ1n) is 9.40. The van der Waals surface area contributed by atoms with Gasteiger partial charge >= 0.3 is 0 Å². The third kappa shape index (κ3) is 5.94. The number of nitrogens with zero attached hydrogens (tertiary/aromatic N) is 3. The summed E-state index contributed by atoms with van der Waals surface area (Å²) in [6, 6.07) is 12.4. The molecule has 0 unspecified atom stereocenters. The van der Waals surface area contributed by atoms with E-state index in [0.29, 0.717) is 12.2 Å². The van der Waals surface area contributed by atoms with Crippen molar-refractivity contribution in [2.75, 3.05) is 59.1 Å². The Morgan fingerprint density at radius 3 is 2.17 bits per heavy atom. The zero-order valence-electron chi connectivity index (χ0n) is 18.3. The van der Waals surface area contributed by atoms with Crippen LogP contribution in [-0.4, -0.2) is 72.4 Å². The molecule has 164 valence electrons. The zero-order chi connectivity index (χ0) is 22.5. The van der Waals surface area contributed by atoms with Crippen molar-refractivity contribution in [3.05, 3.63) is 48.0 Å². The third-order valence-electron chi connectivity index (χ3n) is 4.53. The average molecular weight is 435 g/mol. The van der Waals surface area contributed by atoms with Crippen molar-refractivity contribution in [2.45, 2.75) is 11.4 Å². The van der Waals surface area contributed by atoms with Gasteiger partial charge in [-0.2, -0.15) is 0 Å². The number of rotatable bonds is 9. The number of nitrogens with one attached hydrogen (secondary N) is 1. The summed E-state index contributed by atoms with van der Waals surface area (Å²) in [5.41, 5.74) is 2.23. The van der Waals surface area contributed by atoms with Crippen LogP contribution in [0.3, 0.4) is 0 Å². The number of hydrogen-bond acceptors (Lipinski definition) is 6. The molecule has 2 aromatic carbocycles. The van der Waals surface area contributed by atoms with Gasteiger partial charge in [0.1, 0.15) is 5.75 Å². The van der Waals surface area contributed by atoms with Gasteiger partial charge in [0, 0.05) is 34.7 Å². The summed E-state index contributed by atoms with van der Waals surface area (Å²) in [5.74, 6) is 0.552. The van der Waals surface area contributed by atoms with E-state index in [2.05, 4.69) is 5.32 Å². The number of methoxy groups -OCH3 is 1. The number of amides is 1. The van der Waals surface area contributed by atoms with Gasteiger partial charge in [-0.1, -0.05) is 12.1 Å². The lowest BCUT2D eigenvalue weighted by Gasteiger charge is -2.21. The Kier molecular flexibility index (Phi) is 7.83. The third-order valence-corrected chi connectivity index (χ3v) is 6.34. The van der Waals surface area contributed by atoms with Crippen LogP contribution in [0.25, 0.3) is 0 Å². The molecule has 0 radical (unpaired) electrons. The van der Waals surface area contributed by atoms with Gasteiger partial charge in [-0.25, -0.2) is 12.7 Å². The SMILES string of the molecule is COc1ccc(CN(C)CC(=O)Nc2cc(S(=O)(=O)N(C)C)ccc2N(C)C)cc1. The number of benzene rings is 2. The van der Waals surface area contributed by atoms with Gasteiger partial charge in [0.05, 0.1) is 29.9 Å². The predicted octanol–water partition coefficient (Wildman–Crippen LogP) is 2.08. The van der Waals surface area contributed by atoms with Crippen LogP contribution >= 0.6 is 0 Å². The molecule has 0 aliphatic rings. The lowest BCUT2D eigenvalue weighted by Crippen LogP contribution is -2.30. The molecule has 0 aliphatic carbocycles. The van der Waals surface area contributed by atoms with Crippen molar-refractivity contribution in [2.24, 2.45) is 0 Å². The Bertz CT molecular complexity index is 973. The van der Waals surface area contributed by atoms with Crippen LogP contribution in [0.4, 0.5) is 11.4 Å². The topological polar surface area (TPSA) is 82.2 Å². The first kappa shape index (κ1) is 23.7. The molecule has 1 N–H and O–H groups in total. The molecule has 8 nitrogen and oxygen atoms in total. The summed E-state index contributed by atoms with van der Waals surface area (Å²) in [6.45, 7) is 0.747. The summed E-state index contributed by atoms with van der Waals surface area (Å²) in [7, 11) is 6.48. The standard InChI is InChI=1S/C21H30N4O4S/c1-23(2)20-12-11-18(30(27,28)24(3)4)13-19(20)22-21(26)15-25(5)14-16-7-9-17(29-6)10-8-16/h7-13H,14-15H2,1-6H3,(H,22,26). The number of likely N-dealkylation sites (N-methyl/N-ethyl adjacent to an activating group) is 1. The average Bonchev–Trinajstić information content (AvgIpc) is 2.67. The fraction of sp³-hybridized carbons (Fsp3) is 0.381. The first-order valence-corrected chi connectivity index (χ1v) is 10.8. The van der Waals surface area contributed by atoms with Crippen molar-refractivity contribution >= 4 is 27.3 Å². The van der Waals surface area contributed by atoms with E-state index in [9.17, 15) is 13.2 Å². The quantitative estimate of drug-likeness (QED) is 0.651. The molecule has 0 atom stereocenters. The number of carbonyl (C=O) groups is 1.